The van der Waals surface area contributed by atoms with E-state index in [-0.39, 0.29) is 18.1 Å². The van der Waals surface area contributed by atoms with Gasteiger partial charge in [0.2, 0.25) is 5.91 Å². The Morgan fingerprint density at radius 3 is 2.41 bits per heavy atom. The van der Waals surface area contributed by atoms with E-state index in [0.717, 1.165) is 22.5 Å². The molecule has 0 radical (unpaired) electrons. The molecule has 0 aliphatic heterocycles. The number of anilines is 4. The molecule has 0 aromatic heterocycles. The quantitative estimate of drug-likeness (QED) is 0.389. The number of hydrogen-bond acceptors (Lipinski definition) is 5. The zero-order chi connectivity index (χ0) is 20.8. The molecule has 29 heavy (non-hydrogen) atoms. The van der Waals surface area contributed by atoms with Gasteiger partial charge in [-0.25, -0.2) is 0 Å². The lowest BCUT2D eigenvalue weighted by molar-refractivity contribution is -0.384. The Balaban J connectivity index is 1.75. The van der Waals surface area contributed by atoms with E-state index < -0.39 is 4.92 Å². The van der Waals surface area contributed by atoms with Crippen molar-refractivity contribution < 1.29 is 9.72 Å². The van der Waals surface area contributed by atoms with Gasteiger partial charge in [-0.05, 0) is 49.2 Å². The van der Waals surface area contributed by atoms with Gasteiger partial charge in [0.1, 0.15) is 0 Å². The second-order valence-corrected chi connectivity index (χ2v) is 6.63. The van der Waals surface area contributed by atoms with Gasteiger partial charge in [0, 0.05) is 23.5 Å². The third kappa shape index (κ3) is 5.10. The number of para-hydroxylation sites is 1. The Bertz CT molecular complexity index is 1040. The van der Waals surface area contributed by atoms with Crippen molar-refractivity contribution in [2.45, 2.75) is 13.8 Å². The molecule has 0 saturated carbocycles. The van der Waals surface area contributed by atoms with Crippen LogP contribution in [-0.2, 0) is 4.79 Å². The normalized spacial score (nSPS) is 10.3. The van der Waals surface area contributed by atoms with Gasteiger partial charge in [-0.3, -0.25) is 14.9 Å². The highest BCUT2D eigenvalue weighted by atomic mass is 16.6. The molecule has 0 spiro atoms. The first-order chi connectivity index (χ1) is 13.9. The van der Waals surface area contributed by atoms with E-state index in [1.54, 1.807) is 6.07 Å². The van der Waals surface area contributed by atoms with Crippen molar-refractivity contribution in [2.75, 3.05) is 22.5 Å². The van der Waals surface area contributed by atoms with Crippen LogP contribution in [0.15, 0.2) is 66.7 Å². The molecule has 3 rings (SSSR count). The van der Waals surface area contributed by atoms with Gasteiger partial charge in [-0.1, -0.05) is 30.3 Å². The van der Waals surface area contributed by atoms with E-state index >= 15 is 0 Å². The third-order valence-electron chi connectivity index (χ3n) is 4.58. The molecular weight excluding hydrogens is 368 g/mol. The predicted octanol–water partition coefficient (Wildman–Crippen LogP) is 5.01. The summed E-state index contributed by atoms with van der Waals surface area (Å²) in [5.41, 5.74) is 4.73. The van der Waals surface area contributed by atoms with Gasteiger partial charge in [-0.15, -0.1) is 0 Å². The van der Waals surface area contributed by atoms with Crippen molar-refractivity contribution in [2.24, 2.45) is 0 Å². The standard InChI is InChI=1S/C22H22N4O3/c1-15-7-6-10-19(16(15)2)25-22(27)14-23-21-13-18(26(28)29)11-12-20(21)24-17-8-4-3-5-9-17/h3-13,23-24H,14H2,1-2H3,(H,25,27). The van der Waals surface area contributed by atoms with E-state index in [9.17, 15) is 14.9 Å². The molecule has 0 aliphatic rings. The van der Waals surface area contributed by atoms with Gasteiger partial charge in [-0.2, -0.15) is 0 Å². The van der Waals surface area contributed by atoms with Crippen molar-refractivity contribution in [3.05, 3.63) is 88.0 Å². The molecule has 7 heteroatoms. The lowest BCUT2D eigenvalue weighted by atomic mass is 10.1. The molecular formula is C22H22N4O3. The van der Waals surface area contributed by atoms with E-state index in [1.807, 2.05) is 62.4 Å². The van der Waals surface area contributed by atoms with Gasteiger partial charge < -0.3 is 16.0 Å². The minimum atomic E-state index is -0.465. The average molecular weight is 390 g/mol. The van der Waals surface area contributed by atoms with Crippen LogP contribution in [0.3, 0.4) is 0 Å². The number of aryl methyl sites for hydroxylation is 1. The molecule has 3 aromatic rings. The maximum Gasteiger partial charge on any atom is 0.271 e. The first-order valence-corrected chi connectivity index (χ1v) is 9.14. The van der Waals surface area contributed by atoms with Crippen molar-refractivity contribution in [3.63, 3.8) is 0 Å². The number of hydrogen-bond donors (Lipinski definition) is 3. The Morgan fingerprint density at radius 1 is 0.931 bits per heavy atom. The summed E-state index contributed by atoms with van der Waals surface area (Å²) in [6, 6.07) is 19.6. The Morgan fingerprint density at radius 2 is 1.69 bits per heavy atom. The zero-order valence-corrected chi connectivity index (χ0v) is 16.2. The highest BCUT2D eigenvalue weighted by Gasteiger charge is 2.13. The third-order valence-corrected chi connectivity index (χ3v) is 4.58. The number of nitro groups is 1. The van der Waals surface area contributed by atoms with Crippen molar-refractivity contribution in [3.8, 4) is 0 Å². The van der Waals surface area contributed by atoms with Crippen LogP contribution in [0.5, 0.6) is 0 Å². The molecule has 0 saturated heterocycles. The Kier molecular flexibility index (Phi) is 6.09. The molecule has 0 atom stereocenters. The molecule has 3 aromatic carbocycles. The highest BCUT2D eigenvalue weighted by Crippen LogP contribution is 2.29. The molecule has 0 aliphatic carbocycles. The lowest BCUT2D eigenvalue weighted by Crippen LogP contribution is -2.22. The summed E-state index contributed by atoms with van der Waals surface area (Å²) in [6.07, 6.45) is 0. The smallest absolute Gasteiger partial charge is 0.271 e. The number of nitrogens with one attached hydrogen (secondary N) is 3. The number of carbonyl (C=O) groups excluding carboxylic acids is 1. The second-order valence-electron chi connectivity index (χ2n) is 6.63. The first kappa shape index (κ1) is 19.9. The van der Waals surface area contributed by atoms with Crippen LogP contribution in [0.1, 0.15) is 11.1 Å². The minimum absolute atomic E-state index is 0.0297. The van der Waals surface area contributed by atoms with Crippen LogP contribution in [0.4, 0.5) is 28.4 Å². The fourth-order valence-electron chi connectivity index (χ4n) is 2.83. The molecule has 1 amide bonds. The summed E-state index contributed by atoms with van der Waals surface area (Å²) in [5, 5.41) is 20.2. The van der Waals surface area contributed by atoms with Gasteiger partial charge in [0.25, 0.3) is 5.69 Å². The van der Waals surface area contributed by atoms with Crippen LogP contribution >= 0.6 is 0 Å². The van der Waals surface area contributed by atoms with Crippen LogP contribution in [0, 0.1) is 24.0 Å². The summed E-state index contributed by atoms with van der Waals surface area (Å²) in [5.74, 6) is -0.240. The molecule has 148 valence electrons. The van der Waals surface area contributed by atoms with Gasteiger partial charge in [0.15, 0.2) is 0 Å². The van der Waals surface area contributed by atoms with E-state index in [1.165, 1.54) is 12.1 Å². The van der Waals surface area contributed by atoms with Crippen molar-refractivity contribution >= 4 is 34.3 Å². The molecule has 3 N–H and O–H groups in total. The number of non-ortho nitro benzene ring substituents is 1. The van der Waals surface area contributed by atoms with Gasteiger partial charge in [0.05, 0.1) is 22.8 Å². The van der Waals surface area contributed by atoms with Crippen LogP contribution in [-0.4, -0.2) is 17.4 Å². The minimum Gasteiger partial charge on any atom is -0.374 e. The fourth-order valence-corrected chi connectivity index (χ4v) is 2.83. The number of rotatable bonds is 7. The maximum atomic E-state index is 12.4. The summed E-state index contributed by atoms with van der Waals surface area (Å²) in [6.45, 7) is 3.90. The zero-order valence-electron chi connectivity index (χ0n) is 16.2. The predicted molar refractivity (Wildman–Crippen MR) is 116 cm³/mol. The van der Waals surface area contributed by atoms with E-state index in [4.69, 9.17) is 0 Å². The summed E-state index contributed by atoms with van der Waals surface area (Å²) < 4.78 is 0. The van der Waals surface area contributed by atoms with Crippen LogP contribution in [0.25, 0.3) is 0 Å². The number of nitro benzene ring substituents is 1. The van der Waals surface area contributed by atoms with Crippen molar-refractivity contribution in [1.29, 1.82) is 0 Å². The SMILES string of the molecule is Cc1cccc(NC(=O)CNc2cc([N+](=O)[O-])ccc2Nc2ccccc2)c1C. The van der Waals surface area contributed by atoms with Crippen LogP contribution < -0.4 is 16.0 Å². The fraction of sp³-hybridized carbons (Fsp3) is 0.136. The number of nitrogens with zero attached hydrogens (tertiary/aromatic N) is 1. The largest absolute Gasteiger partial charge is 0.374 e. The van der Waals surface area contributed by atoms with Crippen molar-refractivity contribution in [1.82, 2.24) is 0 Å². The number of benzene rings is 3. The maximum absolute atomic E-state index is 12.4. The van der Waals surface area contributed by atoms with Gasteiger partial charge >= 0.3 is 0 Å². The number of amides is 1. The van der Waals surface area contributed by atoms with E-state index in [0.29, 0.717) is 11.4 Å². The van der Waals surface area contributed by atoms with E-state index in [2.05, 4.69) is 16.0 Å². The average Bonchev–Trinajstić information content (AvgIpc) is 2.71. The molecule has 0 unspecified atom stereocenters. The lowest BCUT2D eigenvalue weighted by Gasteiger charge is -2.15. The molecule has 0 heterocycles. The topological polar surface area (TPSA) is 96.3 Å². The Labute approximate surface area is 168 Å². The number of carbonyl (C=O) groups is 1. The summed E-state index contributed by atoms with van der Waals surface area (Å²) in [7, 11) is 0. The monoisotopic (exact) mass is 390 g/mol. The molecule has 7 nitrogen and oxygen atoms in total. The highest BCUT2D eigenvalue weighted by molar-refractivity contribution is 5.95. The summed E-state index contributed by atoms with van der Waals surface area (Å²) in [4.78, 5) is 23.1. The first-order valence-electron chi connectivity index (χ1n) is 9.14. The second kappa shape index (κ2) is 8.88. The molecule has 0 fully saturated rings. The Hall–Kier alpha value is -3.87. The molecule has 0 bridgehead atoms. The van der Waals surface area contributed by atoms with Crippen LogP contribution in [0.2, 0.25) is 0 Å². The summed E-state index contributed by atoms with van der Waals surface area (Å²) >= 11 is 0.